The average Bonchev–Trinajstić information content (AvgIpc) is 2.78. The Hall–Kier alpha value is -3.71. The minimum Gasteiger partial charge on any atom is -0.490 e. The van der Waals surface area contributed by atoms with Gasteiger partial charge in [-0.15, -0.1) is 0 Å². The lowest BCUT2D eigenvalue weighted by Gasteiger charge is -2.11. The van der Waals surface area contributed by atoms with E-state index in [1.165, 1.54) is 6.92 Å². The number of ketones is 1. The molecule has 0 aliphatic carbocycles. The predicted octanol–water partition coefficient (Wildman–Crippen LogP) is 4.47. The van der Waals surface area contributed by atoms with Gasteiger partial charge in [0, 0.05) is 16.8 Å². The summed E-state index contributed by atoms with van der Waals surface area (Å²) in [6.07, 6.45) is 0. The summed E-state index contributed by atoms with van der Waals surface area (Å²) in [7, 11) is 0. The molecule has 3 aromatic carbocycles. The monoisotopic (exact) mass is 434 g/mol. The zero-order chi connectivity index (χ0) is 22.1. The maximum atomic E-state index is 12.4. The molecule has 31 heavy (non-hydrogen) atoms. The van der Waals surface area contributed by atoms with Crippen molar-refractivity contribution in [3.05, 3.63) is 90.0 Å². The summed E-state index contributed by atoms with van der Waals surface area (Å²) in [5, 5.41) is 5.71. The maximum absolute atomic E-state index is 12.4. The van der Waals surface area contributed by atoms with Crippen LogP contribution in [0.5, 0.6) is 11.5 Å². The second kappa shape index (κ2) is 10.9. The summed E-state index contributed by atoms with van der Waals surface area (Å²) >= 11 is 5.18. The molecule has 0 spiro atoms. The number of hydrogen-bond donors (Lipinski definition) is 2. The molecule has 3 rings (SSSR count). The van der Waals surface area contributed by atoms with Gasteiger partial charge in [0.1, 0.15) is 24.7 Å². The van der Waals surface area contributed by atoms with Crippen LogP contribution in [0.2, 0.25) is 0 Å². The molecule has 0 saturated carbocycles. The summed E-state index contributed by atoms with van der Waals surface area (Å²) < 4.78 is 11.2. The maximum Gasteiger partial charge on any atom is 0.257 e. The van der Waals surface area contributed by atoms with Crippen LogP contribution in [0.4, 0.5) is 5.69 Å². The van der Waals surface area contributed by atoms with E-state index in [-0.39, 0.29) is 16.8 Å². The molecule has 0 aromatic heterocycles. The van der Waals surface area contributed by atoms with Crippen LogP contribution in [0.25, 0.3) is 0 Å². The molecule has 7 heteroatoms. The molecule has 2 N–H and O–H groups in total. The summed E-state index contributed by atoms with van der Waals surface area (Å²) in [5.41, 5.74) is 1.73. The fourth-order valence-corrected chi connectivity index (χ4v) is 2.87. The normalized spacial score (nSPS) is 10.1. The third kappa shape index (κ3) is 6.94. The lowest BCUT2D eigenvalue weighted by Crippen LogP contribution is -2.34. The number of benzene rings is 3. The molecule has 0 fully saturated rings. The van der Waals surface area contributed by atoms with Gasteiger partial charge in [0.15, 0.2) is 10.9 Å². The zero-order valence-electron chi connectivity index (χ0n) is 17.0. The van der Waals surface area contributed by atoms with Crippen molar-refractivity contribution >= 4 is 34.7 Å². The third-order valence-electron chi connectivity index (χ3n) is 4.26. The second-order valence-electron chi connectivity index (χ2n) is 6.58. The number of Topliss-reactive ketones (excluding diaryl/α,β-unsaturated/α-hetero) is 1. The third-order valence-corrected chi connectivity index (χ3v) is 4.46. The summed E-state index contributed by atoms with van der Waals surface area (Å²) in [5.74, 6) is 1.08. The van der Waals surface area contributed by atoms with E-state index in [9.17, 15) is 9.59 Å². The number of thiocarbonyl (C=S) groups is 1. The van der Waals surface area contributed by atoms with Crippen LogP contribution in [0.1, 0.15) is 27.6 Å². The molecule has 0 atom stereocenters. The van der Waals surface area contributed by atoms with Gasteiger partial charge in [-0.1, -0.05) is 18.2 Å². The van der Waals surface area contributed by atoms with E-state index >= 15 is 0 Å². The smallest absolute Gasteiger partial charge is 0.257 e. The van der Waals surface area contributed by atoms with E-state index < -0.39 is 0 Å². The lowest BCUT2D eigenvalue weighted by atomic mass is 10.1. The lowest BCUT2D eigenvalue weighted by molar-refractivity contribution is 0.0976. The molecule has 0 bridgehead atoms. The number of ether oxygens (including phenoxy) is 2. The van der Waals surface area contributed by atoms with Gasteiger partial charge in [-0.25, -0.2) is 0 Å². The molecule has 3 aromatic rings. The Balaban J connectivity index is 1.43. The highest BCUT2D eigenvalue weighted by atomic mass is 32.1. The van der Waals surface area contributed by atoms with E-state index in [0.717, 1.165) is 5.75 Å². The number of carbonyl (C=O) groups is 2. The van der Waals surface area contributed by atoms with E-state index in [1.807, 2.05) is 30.3 Å². The highest BCUT2D eigenvalue weighted by Gasteiger charge is 2.09. The van der Waals surface area contributed by atoms with E-state index in [1.54, 1.807) is 48.5 Å². The molecule has 0 aliphatic heterocycles. The van der Waals surface area contributed by atoms with Gasteiger partial charge in [-0.05, 0) is 79.8 Å². The summed E-state index contributed by atoms with van der Waals surface area (Å²) in [6, 6.07) is 23.1. The first-order valence-corrected chi connectivity index (χ1v) is 10.1. The van der Waals surface area contributed by atoms with E-state index in [2.05, 4.69) is 10.6 Å². The number of anilines is 1. The van der Waals surface area contributed by atoms with Gasteiger partial charge in [-0.3, -0.25) is 14.9 Å². The van der Waals surface area contributed by atoms with Crippen molar-refractivity contribution in [3.8, 4) is 11.5 Å². The minimum atomic E-state index is -0.336. The van der Waals surface area contributed by atoms with Crippen LogP contribution < -0.4 is 20.1 Å². The highest BCUT2D eigenvalue weighted by molar-refractivity contribution is 7.80. The minimum absolute atomic E-state index is 0.0152. The van der Waals surface area contributed by atoms with Crippen LogP contribution in [-0.2, 0) is 0 Å². The molecule has 0 aliphatic rings. The molecule has 0 unspecified atom stereocenters. The van der Waals surface area contributed by atoms with Crippen molar-refractivity contribution in [1.82, 2.24) is 5.32 Å². The first kappa shape index (κ1) is 22.0. The van der Waals surface area contributed by atoms with Crippen LogP contribution in [0.3, 0.4) is 0 Å². The fraction of sp³-hybridized carbons (Fsp3) is 0.125. The zero-order valence-corrected chi connectivity index (χ0v) is 17.8. The number of para-hydroxylation sites is 1. The Labute approximate surface area is 186 Å². The first-order valence-electron chi connectivity index (χ1n) is 9.65. The largest absolute Gasteiger partial charge is 0.490 e. The molecule has 158 valence electrons. The standard InChI is InChI=1S/C24H22N2O4S/c1-17(27)18-7-11-20(12-8-18)25-24(31)26-23(28)19-9-13-22(14-10-19)30-16-15-29-21-5-3-2-4-6-21/h2-14H,15-16H2,1H3,(H2,25,26,28,31). The molecular weight excluding hydrogens is 412 g/mol. The number of amides is 1. The van der Waals surface area contributed by atoms with Crippen molar-refractivity contribution < 1.29 is 19.1 Å². The Morgan fingerprint density at radius 2 is 1.32 bits per heavy atom. The average molecular weight is 435 g/mol. The van der Waals surface area contributed by atoms with Crippen LogP contribution in [0.15, 0.2) is 78.9 Å². The highest BCUT2D eigenvalue weighted by Crippen LogP contribution is 2.14. The molecule has 0 saturated heterocycles. The van der Waals surface area contributed by atoms with Gasteiger partial charge < -0.3 is 14.8 Å². The van der Waals surface area contributed by atoms with Crippen molar-refractivity contribution in [2.75, 3.05) is 18.5 Å². The summed E-state index contributed by atoms with van der Waals surface area (Å²) in [4.78, 5) is 23.7. The molecule has 6 nitrogen and oxygen atoms in total. The number of nitrogens with one attached hydrogen (secondary N) is 2. The molecular formula is C24H22N2O4S. The first-order chi connectivity index (χ1) is 15.0. The fourth-order valence-electron chi connectivity index (χ4n) is 2.66. The van der Waals surface area contributed by atoms with Crippen molar-refractivity contribution in [2.45, 2.75) is 6.92 Å². The topological polar surface area (TPSA) is 76.7 Å². The second-order valence-corrected chi connectivity index (χ2v) is 6.98. The van der Waals surface area contributed by atoms with Crippen LogP contribution >= 0.6 is 12.2 Å². The quantitative estimate of drug-likeness (QED) is 0.309. The SMILES string of the molecule is CC(=O)c1ccc(NC(=S)NC(=O)c2ccc(OCCOc3ccccc3)cc2)cc1. The van der Waals surface area contributed by atoms with Crippen molar-refractivity contribution in [3.63, 3.8) is 0 Å². The molecule has 0 radical (unpaired) electrons. The van der Waals surface area contributed by atoms with Crippen LogP contribution in [0, 0.1) is 0 Å². The van der Waals surface area contributed by atoms with Crippen molar-refractivity contribution in [2.24, 2.45) is 0 Å². The number of rotatable bonds is 8. The Morgan fingerprint density at radius 3 is 1.90 bits per heavy atom. The Bertz CT molecular complexity index is 1040. The van der Waals surface area contributed by atoms with E-state index in [0.29, 0.717) is 35.8 Å². The Morgan fingerprint density at radius 1 is 0.774 bits per heavy atom. The number of carbonyl (C=O) groups excluding carboxylic acids is 2. The van der Waals surface area contributed by atoms with Crippen LogP contribution in [-0.4, -0.2) is 30.0 Å². The Kier molecular flexibility index (Phi) is 7.73. The summed E-state index contributed by atoms with van der Waals surface area (Å²) in [6.45, 7) is 2.30. The van der Waals surface area contributed by atoms with E-state index in [4.69, 9.17) is 21.7 Å². The predicted molar refractivity (Wildman–Crippen MR) is 124 cm³/mol. The molecule has 1 amide bonds. The van der Waals surface area contributed by atoms with Gasteiger partial charge in [-0.2, -0.15) is 0 Å². The van der Waals surface area contributed by atoms with Gasteiger partial charge in [0.05, 0.1) is 0 Å². The number of hydrogen-bond acceptors (Lipinski definition) is 5. The molecule has 0 heterocycles. The van der Waals surface area contributed by atoms with Crippen molar-refractivity contribution in [1.29, 1.82) is 0 Å². The van der Waals surface area contributed by atoms with Gasteiger partial charge in [0.25, 0.3) is 5.91 Å². The van der Waals surface area contributed by atoms with Gasteiger partial charge in [0.2, 0.25) is 0 Å². The van der Waals surface area contributed by atoms with Gasteiger partial charge >= 0.3 is 0 Å².